The molecule has 1 aromatic carbocycles. The Hall–Kier alpha value is -2.18. The number of ether oxygens (including phenoxy) is 1. The fourth-order valence-corrected chi connectivity index (χ4v) is 2.62. The minimum atomic E-state index is -0.939. The Bertz CT molecular complexity index is 648. The van der Waals surface area contributed by atoms with Gasteiger partial charge in [0.15, 0.2) is 0 Å². The third kappa shape index (κ3) is 3.35. The van der Waals surface area contributed by atoms with E-state index in [0.29, 0.717) is 18.3 Å². The molecule has 1 saturated heterocycles. The SMILES string of the molecule is O=C(O)c1ccccc1-n1cnc(CNC2CCOCC2)c1. The number of aromatic carboxylic acids is 1. The molecule has 0 radical (unpaired) electrons. The van der Waals surface area contributed by atoms with E-state index < -0.39 is 5.97 Å². The quantitative estimate of drug-likeness (QED) is 0.881. The van der Waals surface area contributed by atoms with Crippen molar-refractivity contribution >= 4 is 5.97 Å². The first-order chi connectivity index (χ1) is 10.7. The lowest BCUT2D eigenvalue weighted by atomic mass is 10.1. The topological polar surface area (TPSA) is 76.4 Å². The number of carboxylic acids is 1. The predicted molar refractivity (Wildman–Crippen MR) is 81.2 cm³/mol. The highest BCUT2D eigenvalue weighted by Gasteiger charge is 2.14. The molecule has 6 heteroatoms. The number of rotatable bonds is 5. The smallest absolute Gasteiger partial charge is 0.337 e. The van der Waals surface area contributed by atoms with Crippen molar-refractivity contribution in [3.63, 3.8) is 0 Å². The minimum Gasteiger partial charge on any atom is -0.478 e. The van der Waals surface area contributed by atoms with Crippen LogP contribution in [0, 0.1) is 0 Å². The lowest BCUT2D eigenvalue weighted by Gasteiger charge is -2.22. The first-order valence-corrected chi connectivity index (χ1v) is 7.41. The molecule has 0 amide bonds. The molecule has 0 saturated carbocycles. The summed E-state index contributed by atoms with van der Waals surface area (Å²) in [7, 11) is 0. The average Bonchev–Trinajstić information content (AvgIpc) is 3.03. The highest BCUT2D eigenvalue weighted by molar-refractivity contribution is 5.91. The number of carbonyl (C=O) groups is 1. The number of benzene rings is 1. The maximum absolute atomic E-state index is 11.3. The van der Waals surface area contributed by atoms with E-state index in [4.69, 9.17) is 4.74 Å². The van der Waals surface area contributed by atoms with Gasteiger partial charge in [0.1, 0.15) is 0 Å². The number of nitrogens with zero attached hydrogens (tertiary/aromatic N) is 2. The maximum Gasteiger partial charge on any atom is 0.337 e. The summed E-state index contributed by atoms with van der Waals surface area (Å²) in [6, 6.07) is 7.38. The molecule has 116 valence electrons. The van der Waals surface area contributed by atoms with Crippen LogP contribution < -0.4 is 5.32 Å². The number of hydrogen-bond donors (Lipinski definition) is 2. The summed E-state index contributed by atoms with van der Waals surface area (Å²) < 4.78 is 7.09. The summed E-state index contributed by atoms with van der Waals surface area (Å²) in [5.41, 5.74) is 1.79. The molecule has 1 aromatic heterocycles. The molecule has 6 nitrogen and oxygen atoms in total. The molecule has 3 rings (SSSR count). The molecular weight excluding hydrogens is 282 g/mol. The number of para-hydroxylation sites is 1. The van der Waals surface area contributed by atoms with Gasteiger partial charge < -0.3 is 19.7 Å². The second kappa shape index (κ2) is 6.72. The molecular formula is C16H19N3O3. The van der Waals surface area contributed by atoms with Gasteiger partial charge in [0, 0.05) is 32.0 Å². The number of carboxylic acid groups (broad SMARTS) is 1. The van der Waals surface area contributed by atoms with Gasteiger partial charge in [0.05, 0.1) is 23.3 Å². The van der Waals surface area contributed by atoms with Crippen molar-refractivity contribution in [1.82, 2.24) is 14.9 Å². The molecule has 0 unspecified atom stereocenters. The monoisotopic (exact) mass is 301 g/mol. The van der Waals surface area contributed by atoms with Crippen molar-refractivity contribution in [2.24, 2.45) is 0 Å². The molecule has 0 spiro atoms. The molecule has 1 aliphatic rings. The Morgan fingerprint density at radius 1 is 1.36 bits per heavy atom. The zero-order valence-corrected chi connectivity index (χ0v) is 12.2. The first kappa shape index (κ1) is 14.7. The maximum atomic E-state index is 11.3. The van der Waals surface area contributed by atoms with Crippen molar-refractivity contribution in [1.29, 1.82) is 0 Å². The van der Waals surface area contributed by atoms with E-state index in [2.05, 4.69) is 10.3 Å². The van der Waals surface area contributed by atoms with Crippen molar-refractivity contribution in [2.75, 3.05) is 13.2 Å². The van der Waals surface area contributed by atoms with Crippen LogP contribution in [0.5, 0.6) is 0 Å². The Balaban J connectivity index is 1.69. The second-order valence-corrected chi connectivity index (χ2v) is 5.36. The first-order valence-electron chi connectivity index (χ1n) is 7.41. The van der Waals surface area contributed by atoms with Gasteiger partial charge in [-0.3, -0.25) is 0 Å². The molecule has 1 fully saturated rings. The van der Waals surface area contributed by atoms with Gasteiger partial charge in [-0.25, -0.2) is 9.78 Å². The van der Waals surface area contributed by atoms with Crippen molar-refractivity contribution < 1.29 is 14.6 Å². The van der Waals surface area contributed by atoms with E-state index in [1.165, 1.54) is 0 Å². The van der Waals surface area contributed by atoms with Crippen LogP contribution in [-0.4, -0.2) is 39.9 Å². The van der Waals surface area contributed by atoms with Gasteiger partial charge in [0.25, 0.3) is 0 Å². The van der Waals surface area contributed by atoms with Crippen molar-refractivity contribution in [3.8, 4) is 5.69 Å². The minimum absolute atomic E-state index is 0.267. The average molecular weight is 301 g/mol. The van der Waals surface area contributed by atoms with Crippen LogP contribution in [0.4, 0.5) is 0 Å². The predicted octanol–water partition coefficient (Wildman–Crippen LogP) is 1.84. The van der Waals surface area contributed by atoms with Crippen LogP contribution in [0.25, 0.3) is 5.69 Å². The van der Waals surface area contributed by atoms with Gasteiger partial charge >= 0.3 is 5.97 Å². The number of hydrogen-bond acceptors (Lipinski definition) is 4. The molecule has 0 atom stereocenters. The zero-order chi connectivity index (χ0) is 15.4. The van der Waals surface area contributed by atoms with E-state index in [-0.39, 0.29) is 5.56 Å². The molecule has 1 aliphatic heterocycles. The molecule has 2 heterocycles. The van der Waals surface area contributed by atoms with E-state index in [1.807, 2.05) is 12.3 Å². The van der Waals surface area contributed by atoms with Crippen LogP contribution in [0.15, 0.2) is 36.8 Å². The number of aromatic nitrogens is 2. The van der Waals surface area contributed by atoms with Gasteiger partial charge in [-0.1, -0.05) is 12.1 Å². The van der Waals surface area contributed by atoms with Crippen molar-refractivity contribution in [3.05, 3.63) is 48.0 Å². The highest BCUT2D eigenvalue weighted by Crippen LogP contribution is 2.15. The molecule has 2 N–H and O–H groups in total. The van der Waals surface area contributed by atoms with Crippen LogP contribution in [0.2, 0.25) is 0 Å². The molecule has 0 aliphatic carbocycles. The second-order valence-electron chi connectivity index (χ2n) is 5.36. The summed E-state index contributed by atoms with van der Waals surface area (Å²) in [4.78, 5) is 15.6. The molecule has 22 heavy (non-hydrogen) atoms. The third-order valence-electron chi connectivity index (χ3n) is 3.84. The van der Waals surface area contributed by atoms with Gasteiger partial charge in [-0.05, 0) is 25.0 Å². The fraction of sp³-hybridized carbons (Fsp3) is 0.375. The lowest BCUT2D eigenvalue weighted by Crippen LogP contribution is -2.34. The highest BCUT2D eigenvalue weighted by atomic mass is 16.5. The van der Waals surface area contributed by atoms with E-state index in [9.17, 15) is 9.90 Å². The Labute approximate surface area is 128 Å². The number of imidazole rings is 1. The standard InChI is InChI=1S/C16H19N3O3/c20-16(21)14-3-1-2-4-15(14)19-10-13(18-11-19)9-17-12-5-7-22-8-6-12/h1-4,10-12,17H,5-9H2,(H,20,21). The summed E-state index contributed by atoms with van der Waals surface area (Å²) in [5, 5.41) is 12.7. The van der Waals surface area contributed by atoms with Gasteiger partial charge in [0.2, 0.25) is 0 Å². The lowest BCUT2D eigenvalue weighted by molar-refractivity contribution is 0.0697. The zero-order valence-electron chi connectivity index (χ0n) is 12.2. The van der Waals surface area contributed by atoms with E-state index in [0.717, 1.165) is 31.7 Å². The van der Waals surface area contributed by atoms with Crippen LogP contribution in [0.1, 0.15) is 28.9 Å². The Morgan fingerprint density at radius 2 is 2.14 bits per heavy atom. The normalized spacial score (nSPS) is 15.8. The molecule has 0 bridgehead atoms. The van der Waals surface area contributed by atoms with Crippen LogP contribution in [-0.2, 0) is 11.3 Å². The van der Waals surface area contributed by atoms with E-state index in [1.54, 1.807) is 29.1 Å². The van der Waals surface area contributed by atoms with Gasteiger partial charge in [-0.15, -0.1) is 0 Å². The van der Waals surface area contributed by atoms with Crippen molar-refractivity contribution in [2.45, 2.75) is 25.4 Å². The van der Waals surface area contributed by atoms with E-state index >= 15 is 0 Å². The van der Waals surface area contributed by atoms with Crippen LogP contribution in [0.3, 0.4) is 0 Å². The summed E-state index contributed by atoms with van der Waals surface area (Å²) in [6.07, 6.45) is 5.56. The Morgan fingerprint density at radius 3 is 2.91 bits per heavy atom. The van der Waals surface area contributed by atoms with Crippen LogP contribution >= 0.6 is 0 Å². The largest absolute Gasteiger partial charge is 0.478 e. The molecule has 2 aromatic rings. The summed E-state index contributed by atoms with van der Waals surface area (Å²) in [6.45, 7) is 2.28. The number of nitrogens with one attached hydrogen (secondary N) is 1. The fourth-order valence-electron chi connectivity index (χ4n) is 2.62. The summed E-state index contributed by atoms with van der Waals surface area (Å²) in [5.74, 6) is -0.939. The third-order valence-corrected chi connectivity index (χ3v) is 3.84. The Kier molecular flexibility index (Phi) is 4.50. The van der Waals surface area contributed by atoms with Gasteiger partial charge in [-0.2, -0.15) is 0 Å². The summed E-state index contributed by atoms with van der Waals surface area (Å²) >= 11 is 0.